The van der Waals surface area contributed by atoms with Crippen LogP contribution < -0.4 is 5.48 Å². The van der Waals surface area contributed by atoms with Gasteiger partial charge in [-0.3, -0.25) is 4.79 Å². The van der Waals surface area contributed by atoms with Crippen molar-refractivity contribution in [1.82, 2.24) is 5.48 Å². The van der Waals surface area contributed by atoms with Crippen LogP contribution in [0.2, 0.25) is 0 Å². The minimum Gasteiger partial charge on any atom is -0.393 e. The summed E-state index contributed by atoms with van der Waals surface area (Å²) in [7, 11) is 0. The first-order valence-corrected chi connectivity index (χ1v) is 10.2. The van der Waals surface area contributed by atoms with E-state index in [9.17, 15) is 9.90 Å². The fourth-order valence-corrected chi connectivity index (χ4v) is 2.82. The fraction of sp³-hybridized carbons (Fsp3) is 0.950. The van der Waals surface area contributed by atoms with Crippen LogP contribution in [0.25, 0.3) is 0 Å². The van der Waals surface area contributed by atoms with Gasteiger partial charge < -0.3 is 9.94 Å². The predicted octanol–water partition coefficient (Wildman–Crippen LogP) is 5.14. The second-order valence-corrected chi connectivity index (χ2v) is 7.37. The molecule has 2 N–H and O–H groups in total. The Kier molecular flexibility index (Phi) is 16.8. The van der Waals surface area contributed by atoms with Crippen LogP contribution in [0.15, 0.2) is 0 Å². The summed E-state index contributed by atoms with van der Waals surface area (Å²) < 4.78 is 0. The van der Waals surface area contributed by atoms with E-state index in [1.54, 1.807) is 0 Å². The number of rotatable bonds is 17. The number of hydroxylamine groups is 1. The lowest BCUT2D eigenvalue weighted by Crippen LogP contribution is -2.20. The molecular weight excluding hydrogens is 302 g/mol. The lowest BCUT2D eigenvalue weighted by Gasteiger charge is -2.12. The van der Waals surface area contributed by atoms with Gasteiger partial charge in [0.25, 0.3) is 0 Å². The Balaban J connectivity index is 3.24. The monoisotopic (exact) mass is 343 g/mol. The van der Waals surface area contributed by atoms with Crippen molar-refractivity contribution in [2.45, 2.75) is 110 Å². The van der Waals surface area contributed by atoms with Crippen molar-refractivity contribution in [3.63, 3.8) is 0 Å². The highest BCUT2D eigenvalue weighted by Gasteiger charge is 2.06. The van der Waals surface area contributed by atoms with E-state index >= 15 is 0 Å². The van der Waals surface area contributed by atoms with Crippen LogP contribution in [0.5, 0.6) is 0 Å². The molecule has 1 unspecified atom stereocenters. The molecule has 0 aromatic heterocycles. The molecule has 0 rings (SSSR count). The number of hydrogen-bond acceptors (Lipinski definition) is 4. The SMILES string of the molecule is CCCCCCNOC(=O)CCCCCCCCC(O)CC(C)C. The Hall–Kier alpha value is -0.610. The van der Waals surface area contributed by atoms with Crippen LogP contribution in [0.3, 0.4) is 0 Å². The van der Waals surface area contributed by atoms with Crippen molar-refractivity contribution in [2.24, 2.45) is 5.92 Å². The van der Waals surface area contributed by atoms with Crippen molar-refractivity contribution in [3.05, 3.63) is 0 Å². The summed E-state index contributed by atoms with van der Waals surface area (Å²) in [4.78, 5) is 16.5. The smallest absolute Gasteiger partial charge is 0.324 e. The highest BCUT2D eigenvalue weighted by Crippen LogP contribution is 2.13. The first-order chi connectivity index (χ1) is 11.6. The first kappa shape index (κ1) is 23.4. The van der Waals surface area contributed by atoms with Crippen LogP contribution in [0.4, 0.5) is 0 Å². The first-order valence-electron chi connectivity index (χ1n) is 10.2. The Labute approximate surface area is 149 Å². The van der Waals surface area contributed by atoms with Gasteiger partial charge >= 0.3 is 5.97 Å². The summed E-state index contributed by atoms with van der Waals surface area (Å²) in [6.45, 7) is 7.24. The minimum atomic E-state index is -0.137. The minimum absolute atomic E-state index is 0.130. The third kappa shape index (κ3) is 17.7. The van der Waals surface area contributed by atoms with Gasteiger partial charge in [0.15, 0.2) is 0 Å². The number of hydrogen-bond donors (Lipinski definition) is 2. The van der Waals surface area contributed by atoms with Crippen molar-refractivity contribution >= 4 is 5.97 Å². The lowest BCUT2D eigenvalue weighted by molar-refractivity contribution is -0.151. The average molecular weight is 344 g/mol. The van der Waals surface area contributed by atoms with Crippen LogP contribution in [-0.4, -0.2) is 23.7 Å². The van der Waals surface area contributed by atoms with Crippen LogP contribution in [-0.2, 0) is 9.63 Å². The maximum absolute atomic E-state index is 11.5. The Morgan fingerprint density at radius 1 is 0.958 bits per heavy atom. The molecule has 0 aliphatic heterocycles. The average Bonchev–Trinajstić information content (AvgIpc) is 2.52. The van der Waals surface area contributed by atoms with Crippen molar-refractivity contribution < 1.29 is 14.7 Å². The van der Waals surface area contributed by atoms with Gasteiger partial charge in [-0.15, -0.1) is 0 Å². The molecule has 1 atom stereocenters. The number of nitrogens with one attached hydrogen (secondary N) is 1. The van der Waals surface area contributed by atoms with Gasteiger partial charge in [0.05, 0.1) is 6.10 Å². The third-order valence-electron chi connectivity index (χ3n) is 4.23. The molecule has 0 aromatic rings. The molecule has 0 fully saturated rings. The quantitative estimate of drug-likeness (QED) is 0.283. The lowest BCUT2D eigenvalue weighted by atomic mass is 10.0. The Morgan fingerprint density at radius 3 is 2.25 bits per heavy atom. The van der Waals surface area contributed by atoms with Gasteiger partial charge in [0.1, 0.15) is 0 Å². The second kappa shape index (κ2) is 17.2. The zero-order chi connectivity index (χ0) is 18.0. The molecule has 0 amide bonds. The molecule has 0 heterocycles. The van der Waals surface area contributed by atoms with Gasteiger partial charge in [-0.25, -0.2) is 0 Å². The largest absolute Gasteiger partial charge is 0.393 e. The van der Waals surface area contributed by atoms with E-state index in [4.69, 9.17) is 4.84 Å². The molecule has 0 saturated carbocycles. The summed E-state index contributed by atoms with van der Waals surface area (Å²) in [5, 5.41) is 9.80. The molecule has 0 saturated heterocycles. The topological polar surface area (TPSA) is 58.6 Å². The molecule has 0 spiro atoms. The summed E-state index contributed by atoms with van der Waals surface area (Å²) in [6.07, 6.45) is 13.6. The van der Waals surface area contributed by atoms with Crippen molar-refractivity contribution in [3.8, 4) is 0 Å². The zero-order valence-corrected chi connectivity index (χ0v) is 16.3. The van der Waals surface area contributed by atoms with Gasteiger partial charge in [0.2, 0.25) is 0 Å². The molecule has 0 aliphatic carbocycles. The fourth-order valence-electron chi connectivity index (χ4n) is 2.82. The van der Waals surface area contributed by atoms with E-state index < -0.39 is 0 Å². The normalized spacial score (nSPS) is 12.5. The standard InChI is InChI=1S/C20H41NO3/c1-4-5-6-13-16-21-24-20(23)15-12-10-8-7-9-11-14-19(22)17-18(2)3/h18-19,21-22H,4-17H2,1-3H3. The number of carbonyl (C=O) groups is 1. The van der Waals surface area contributed by atoms with Crippen molar-refractivity contribution in [2.75, 3.05) is 6.54 Å². The number of carbonyl (C=O) groups excluding carboxylic acids is 1. The second-order valence-electron chi connectivity index (χ2n) is 7.37. The molecular formula is C20H41NO3. The zero-order valence-electron chi connectivity index (χ0n) is 16.3. The van der Waals surface area contributed by atoms with Gasteiger partial charge in [0, 0.05) is 13.0 Å². The van der Waals surface area contributed by atoms with Crippen LogP contribution in [0.1, 0.15) is 104 Å². The summed E-state index contributed by atoms with van der Waals surface area (Å²) in [5.74, 6) is 0.438. The van der Waals surface area contributed by atoms with Gasteiger partial charge in [-0.1, -0.05) is 72.1 Å². The van der Waals surface area contributed by atoms with E-state index in [1.807, 2.05) is 0 Å². The molecule has 0 bridgehead atoms. The number of unbranched alkanes of at least 4 members (excludes halogenated alkanes) is 8. The molecule has 0 radical (unpaired) electrons. The van der Waals surface area contributed by atoms with E-state index in [0.717, 1.165) is 51.5 Å². The molecule has 24 heavy (non-hydrogen) atoms. The molecule has 144 valence electrons. The Bertz CT molecular complexity index is 282. The predicted molar refractivity (Wildman–Crippen MR) is 101 cm³/mol. The summed E-state index contributed by atoms with van der Waals surface area (Å²) in [6, 6.07) is 0. The summed E-state index contributed by atoms with van der Waals surface area (Å²) in [5.41, 5.74) is 2.76. The van der Waals surface area contributed by atoms with Gasteiger partial charge in [-0.05, 0) is 31.6 Å². The van der Waals surface area contributed by atoms with Gasteiger partial charge in [-0.2, -0.15) is 5.48 Å². The molecule has 4 heteroatoms. The van der Waals surface area contributed by atoms with E-state index in [-0.39, 0.29) is 12.1 Å². The van der Waals surface area contributed by atoms with Crippen LogP contribution >= 0.6 is 0 Å². The van der Waals surface area contributed by atoms with Crippen molar-refractivity contribution in [1.29, 1.82) is 0 Å². The number of aliphatic hydroxyl groups is 1. The maximum atomic E-state index is 11.5. The number of aliphatic hydroxyl groups excluding tert-OH is 1. The van der Waals surface area contributed by atoms with E-state index in [2.05, 4.69) is 26.3 Å². The summed E-state index contributed by atoms with van der Waals surface area (Å²) >= 11 is 0. The molecule has 4 nitrogen and oxygen atoms in total. The molecule has 0 aliphatic rings. The molecule has 0 aromatic carbocycles. The van der Waals surface area contributed by atoms with E-state index in [0.29, 0.717) is 12.3 Å². The third-order valence-corrected chi connectivity index (χ3v) is 4.23. The highest BCUT2D eigenvalue weighted by atomic mass is 16.7. The Morgan fingerprint density at radius 2 is 1.58 bits per heavy atom. The van der Waals surface area contributed by atoms with Crippen LogP contribution in [0, 0.1) is 5.92 Å². The maximum Gasteiger partial charge on any atom is 0.324 e. The highest BCUT2D eigenvalue weighted by molar-refractivity contribution is 5.68. The van der Waals surface area contributed by atoms with E-state index in [1.165, 1.54) is 32.1 Å².